The fourth-order valence-electron chi connectivity index (χ4n) is 1.81. The topological polar surface area (TPSA) is 21.3 Å². The van der Waals surface area contributed by atoms with E-state index >= 15 is 0 Å². The van der Waals surface area contributed by atoms with Crippen LogP contribution in [0.1, 0.15) is 19.4 Å². The Kier molecular flexibility index (Phi) is 5.77. The number of hydrogen-bond acceptors (Lipinski definition) is 2. The van der Waals surface area contributed by atoms with E-state index in [-0.39, 0.29) is 0 Å². The lowest BCUT2D eigenvalue weighted by Crippen LogP contribution is -2.22. The second-order valence-electron chi connectivity index (χ2n) is 4.99. The number of halogens is 3. The van der Waals surface area contributed by atoms with Crippen LogP contribution in [0.2, 0.25) is 15.1 Å². The molecule has 0 bridgehead atoms. The zero-order valence-corrected chi connectivity index (χ0v) is 14.1. The van der Waals surface area contributed by atoms with Crippen molar-refractivity contribution in [3.63, 3.8) is 0 Å². The first-order chi connectivity index (χ1) is 9.94. The van der Waals surface area contributed by atoms with E-state index in [2.05, 4.69) is 19.2 Å². The second-order valence-corrected chi connectivity index (χ2v) is 6.30. The van der Waals surface area contributed by atoms with Gasteiger partial charge in [-0.25, -0.2) is 0 Å². The van der Waals surface area contributed by atoms with Gasteiger partial charge in [-0.2, -0.15) is 0 Å². The lowest BCUT2D eigenvalue weighted by Gasteiger charge is -2.14. The Morgan fingerprint density at radius 1 is 0.952 bits per heavy atom. The molecule has 0 atom stereocenters. The Balaban J connectivity index is 2.25. The molecule has 2 rings (SSSR count). The van der Waals surface area contributed by atoms with Crippen molar-refractivity contribution in [3.05, 3.63) is 57.0 Å². The molecule has 0 unspecified atom stereocenters. The molecule has 2 aromatic carbocycles. The molecule has 5 heteroatoms. The first-order valence-corrected chi connectivity index (χ1v) is 7.73. The molecule has 0 aromatic heterocycles. The van der Waals surface area contributed by atoms with Crippen molar-refractivity contribution in [2.24, 2.45) is 0 Å². The molecule has 1 N–H and O–H groups in total. The molecule has 0 saturated carbocycles. The predicted molar refractivity (Wildman–Crippen MR) is 90.0 cm³/mol. The second kappa shape index (κ2) is 7.37. The summed E-state index contributed by atoms with van der Waals surface area (Å²) in [4.78, 5) is 0. The summed E-state index contributed by atoms with van der Waals surface area (Å²) in [6.45, 7) is 4.84. The molecule has 112 valence electrons. The predicted octanol–water partition coefficient (Wildman–Crippen LogP) is 5.94. The maximum atomic E-state index is 6.06. The average molecular weight is 345 g/mol. The molecule has 2 aromatic rings. The zero-order chi connectivity index (χ0) is 15.4. The van der Waals surface area contributed by atoms with E-state index in [0.29, 0.717) is 33.4 Å². The van der Waals surface area contributed by atoms with Crippen LogP contribution in [0.25, 0.3) is 0 Å². The molecule has 2 nitrogen and oxygen atoms in total. The molecular formula is C16H16Cl3NO. The number of benzene rings is 2. The van der Waals surface area contributed by atoms with E-state index < -0.39 is 0 Å². The van der Waals surface area contributed by atoms with Crippen molar-refractivity contribution in [2.45, 2.75) is 26.4 Å². The monoisotopic (exact) mass is 343 g/mol. The van der Waals surface area contributed by atoms with Crippen LogP contribution in [-0.4, -0.2) is 6.04 Å². The normalized spacial score (nSPS) is 11.0. The number of hydrogen-bond donors (Lipinski definition) is 1. The molecule has 21 heavy (non-hydrogen) atoms. The quantitative estimate of drug-likeness (QED) is 0.725. The van der Waals surface area contributed by atoms with E-state index in [9.17, 15) is 0 Å². The summed E-state index contributed by atoms with van der Waals surface area (Å²) in [7, 11) is 0. The third-order valence-corrected chi connectivity index (χ3v) is 3.46. The van der Waals surface area contributed by atoms with Crippen LogP contribution in [-0.2, 0) is 6.54 Å². The van der Waals surface area contributed by atoms with E-state index in [1.807, 2.05) is 12.1 Å². The molecule has 0 aliphatic rings. The highest BCUT2D eigenvalue weighted by atomic mass is 35.5. The summed E-state index contributed by atoms with van der Waals surface area (Å²) in [6, 6.07) is 11.0. The van der Waals surface area contributed by atoms with Gasteiger partial charge in [-0.05, 0) is 36.4 Å². The molecule has 0 fully saturated rings. The average Bonchev–Trinajstić information content (AvgIpc) is 2.37. The molecule has 0 heterocycles. The van der Waals surface area contributed by atoms with Gasteiger partial charge in [0.1, 0.15) is 11.5 Å². The standard InChI is InChI=1S/C16H16Cl3NO/c1-10(2)20-9-11-5-12(17)3-4-16(11)21-15-7-13(18)6-14(19)8-15/h3-8,10,20H,9H2,1-2H3. The summed E-state index contributed by atoms with van der Waals surface area (Å²) in [6.07, 6.45) is 0. The van der Waals surface area contributed by atoms with Gasteiger partial charge in [0.05, 0.1) is 0 Å². The molecule has 0 radical (unpaired) electrons. The zero-order valence-electron chi connectivity index (χ0n) is 11.8. The van der Waals surface area contributed by atoms with Gasteiger partial charge in [-0.3, -0.25) is 0 Å². The van der Waals surface area contributed by atoms with Crippen molar-refractivity contribution < 1.29 is 4.74 Å². The molecule has 0 amide bonds. The van der Waals surface area contributed by atoms with Gasteiger partial charge in [-0.15, -0.1) is 0 Å². The third-order valence-electron chi connectivity index (χ3n) is 2.79. The van der Waals surface area contributed by atoms with Crippen LogP contribution >= 0.6 is 34.8 Å². The van der Waals surface area contributed by atoms with Crippen LogP contribution < -0.4 is 10.1 Å². The lowest BCUT2D eigenvalue weighted by atomic mass is 10.2. The molecule has 0 aliphatic heterocycles. The Labute approximate surface area is 140 Å². The molecular weight excluding hydrogens is 329 g/mol. The van der Waals surface area contributed by atoms with Gasteiger partial charge in [0.2, 0.25) is 0 Å². The van der Waals surface area contributed by atoms with Crippen LogP contribution in [0, 0.1) is 0 Å². The summed E-state index contributed by atoms with van der Waals surface area (Å²) < 4.78 is 5.89. The van der Waals surface area contributed by atoms with Gasteiger partial charge < -0.3 is 10.1 Å². The number of nitrogens with one attached hydrogen (secondary N) is 1. The van der Waals surface area contributed by atoms with Crippen molar-refractivity contribution in [1.82, 2.24) is 5.32 Å². The molecule has 0 spiro atoms. The summed E-state index contributed by atoms with van der Waals surface area (Å²) >= 11 is 18.0. The van der Waals surface area contributed by atoms with Crippen molar-refractivity contribution in [2.75, 3.05) is 0 Å². The molecule has 0 saturated heterocycles. The SMILES string of the molecule is CC(C)NCc1cc(Cl)ccc1Oc1cc(Cl)cc(Cl)c1. The van der Waals surface area contributed by atoms with Gasteiger partial charge >= 0.3 is 0 Å². The minimum absolute atomic E-state index is 0.373. The van der Waals surface area contributed by atoms with Crippen LogP contribution in [0.5, 0.6) is 11.5 Å². The maximum Gasteiger partial charge on any atom is 0.132 e. The Hall–Kier alpha value is -0.930. The first-order valence-electron chi connectivity index (χ1n) is 6.60. The van der Waals surface area contributed by atoms with E-state index in [0.717, 1.165) is 11.3 Å². The Bertz CT molecular complexity index is 609. The van der Waals surface area contributed by atoms with Crippen LogP contribution in [0.15, 0.2) is 36.4 Å². The molecule has 0 aliphatic carbocycles. The highest BCUT2D eigenvalue weighted by Gasteiger charge is 2.08. The Morgan fingerprint density at radius 3 is 2.24 bits per heavy atom. The van der Waals surface area contributed by atoms with E-state index in [1.165, 1.54) is 0 Å². The van der Waals surface area contributed by atoms with Crippen molar-refractivity contribution >= 4 is 34.8 Å². The third kappa shape index (κ3) is 5.08. The first kappa shape index (κ1) is 16.4. The summed E-state index contributed by atoms with van der Waals surface area (Å²) in [5, 5.41) is 5.09. The largest absolute Gasteiger partial charge is 0.457 e. The van der Waals surface area contributed by atoms with Crippen molar-refractivity contribution in [1.29, 1.82) is 0 Å². The summed E-state index contributed by atoms with van der Waals surface area (Å²) in [5.74, 6) is 1.33. The highest BCUT2D eigenvalue weighted by molar-refractivity contribution is 6.34. The Morgan fingerprint density at radius 2 is 1.62 bits per heavy atom. The highest BCUT2D eigenvalue weighted by Crippen LogP contribution is 2.31. The van der Waals surface area contributed by atoms with E-state index in [4.69, 9.17) is 39.5 Å². The maximum absolute atomic E-state index is 6.06. The van der Waals surface area contributed by atoms with Crippen molar-refractivity contribution in [3.8, 4) is 11.5 Å². The fourth-order valence-corrected chi connectivity index (χ4v) is 2.51. The van der Waals surface area contributed by atoms with E-state index in [1.54, 1.807) is 24.3 Å². The van der Waals surface area contributed by atoms with Gasteiger partial charge in [-0.1, -0.05) is 48.7 Å². The number of ether oxygens (including phenoxy) is 1. The van der Waals surface area contributed by atoms with Gasteiger partial charge in [0.25, 0.3) is 0 Å². The van der Waals surface area contributed by atoms with Gasteiger partial charge in [0, 0.05) is 33.2 Å². The van der Waals surface area contributed by atoms with Crippen LogP contribution in [0.4, 0.5) is 0 Å². The summed E-state index contributed by atoms with van der Waals surface area (Å²) in [5.41, 5.74) is 0.979. The minimum atomic E-state index is 0.373. The lowest BCUT2D eigenvalue weighted by molar-refractivity contribution is 0.469. The number of rotatable bonds is 5. The fraction of sp³-hybridized carbons (Fsp3) is 0.250. The van der Waals surface area contributed by atoms with Crippen LogP contribution in [0.3, 0.4) is 0 Å². The minimum Gasteiger partial charge on any atom is -0.457 e. The van der Waals surface area contributed by atoms with Gasteiger partial charge in [0.15, 0.2) is 0 Å². The smallest absolute Gasteiger partial charge is 0.132 e.